The lowest BCUT2D eigenvalue weighted by atomic mass is 9.66. The molecule has 0 heterocycles. The quantitative estimate of drug-likeness (QED) is 0.648. The van der Waals surface area contributed by atoms with Crippen LogP contribution in [0.4, 0.5) is 0 Å². The van der Waals surface area contributed by atoms with Crippen molar-refractivity contribution >= 4 is 5.91 Å². The number of rotatable bonds is 7. The van der Waals surface area contributed by atoms with Gasteiger partial charge in [0.05, 0.1) is 0 Å². The number of nitrogens with one attached hydrogen (secondary N) is 1. The first-order chi connectivity index (χ1) is 7.74. The van der Waals surface area contributed by atoms with Gasteiger partial charge in [0.15, 0.2) is 0 Å². The molecule has 2 aliphatic carbocycles. The Morgan fingerprint density at radius 1 is 1.38 bits per heavy atom. The highest BCUT2D eigenvalue weighted by atomic mass is 16.1. The van der Waals surface area contributed by atoms with Gasteiger partial charge < -0.3 is 11.1 Å². The molecule has 0 unspecified atom stereocenters. The lowest BCUT2D eigenvalue weighted by Crippen LogP contribution is -2.42. The van der Waals surface area contributed by atoms with Crippen LogP contribution in [0, 0.1) is 11.3 Å². The Kier molecular flexibility index (Phi) is 3.85. The van der Waals surface area contributed by atoms with Crippen molar-refractivity contribution in [3.05, 3.63) is 0 Å². The molecule has 0 aromatic carbocycles. The Labute approximate surface area is 98.2 Å². The average Bonchev–Trinajstić information content (AvgIpc) is 3.02. The maximum absolute atomic E-state index is 11.7. The van der Waals surface area contributed by atoms with Gasteiger partial charge in [-0.3, -0.25) is 4.79 Å². The third-order valence-electron chi connectivity index (χ3n) is 4.19. The van der Waals surface area contributed by atoms with Crippen LogP contribution < -0.4 is 11.1 Å². The van der Waals surface area contributed by atoms with Crippen molar-refractivity contribution in [3.63, 3.8) is 0 Å². The summed E-state index contributed by atoms with van der Waals surface area (Å²) in [6.07, 6.45) is 9.42. The summed E-state index contributed by atoms with van der Waals surface area (Å²) in [5.74, 6) is 1.18. The predicted octanol–water partition coefficient (Wildman–Crippen LogP) is 1.81. The average molecular weight is 224 g/mol. The summed E-state index contributed by atoms with van der Waals surface area (Å²) in [4.78, 5) is 11.7. The molecular formula is C13H24N2O. The van der Waals surface area contributed by atoms with Crippen LogP contribution in [0.1, 0.15) is 51.4 Å². The van der Waals surface area contributed by atoms with Crippen molar-refractivity contribution in [2.75, 3.05) is 13.1 Å². The van der Waals surface area contributed by atoms with Crippen LogP contribution in [-0.4, -0.2) is 19.0 Å². The summed E-state index contributed by atoms with van der Waals surface area (Å²) >= 11 is 0. The van der Waals surface area contributed by atoms with Gasteiger partial charge in [-0.05, 0) is 43.6 Å². The Bertz CT molecular complexity index is 239. The molecule has 0 radical (unpaired) electrons. The Morgan fingerprint density at radius 2 is 2.12 bits per heavy atom. The van der Waals surface area contributed by atoms with Crippen molar-refractivity contribution < 1.29 is 4.79 Å². The zero-order valence-electron chi connectivity index (χ0n) is 10.1. The maximum atomic E-state index is 11.7. The largest absolute Gasteiger partial charge is 0.356 e. The third kappa shape index (κ3) is 3.21. The van der Waals surface area contributed by atoms with E-state index in [1.54, 1.807) is 0 Å². The fraction of sp³-hybridized carbons (Fsp3) is 0.923. The van der Waals surface area contributed by atoms with Crippen molar-refractivity contribution in [2.45, 2.75) is 51.4 Å². The smallest absolute Gasteiger partial charge is 0.220 e. The number of nitrogens with two attached hydrogens (primary N) is 1. The molecule has 92 valence electrons. The van der Waals surface area contributed by atoms with Crippen molar-refractivity contribution in [1.82, 2.24) is 5.32 Å². The second kappa shape index (κ2) is 5.17. The summed E-state index contributed by atoms with van der Waals surface area (Å²) in [5.41, 5.74) is 5.89. The van der Waals surface area contributed by atoms with Crippen molar-refractivity contribution in [2.24, 2.45) is 17.1 Å². The lowest BCUT2D eigenvalue weighted by molar-refractivity contribution is -0.124. The first kappa shape index (κ1) is 11.9. The fourth-order valence-corrected chi connectivity index (χ4v) is 2.56. The van der Waals surface area contributed by atoms with E-state index in [0.717, 1.165) is 31.7 Å². The minimum absolute atomic E-state index is 0.153. The number of hydrogen-bond acceptors (Lipinski definition) is 2. The maximum Gasteiger partial charge on any atom is 0.220 e. The molecule has 2 saturated carbocycles. The highest BCUT2D eigenvalue weighted by molar-refractivity contribution is 5.76. The van der Waals surface area contributed by atoms with Crippen molar-refractivity contribution in [3.8, 4) is 0 Å². The van der Waals surface area contributed by atoms with E-state index in [-0.39, 0.29) is 11.3 Å². The normalized spacial score (nSPS) is 22.6. The van der Waals surface area contributed by atoms with E-state index in [1.165, 1.54) is 25.7 Å². The van der Waals surface area contributed by atoms with Gasteiger partial charge in [-0.15, -0.1) is 0 Å². The number of carbonyl (C=O) groups excluding carboxylic acids is 1. The molecular weight excluding hydrogens is 200 g/mol. The fourth-order valence-electron chi connectivity index (χ4n) is 2.56. The van der Waals surface area contributed by atoms with Crippen LogP contribution in [0.5, 0.6) is 0 Å². The molecule has 0 saturated heterocycles. The molecule has 3 nitrogen and oxygen atoms in total. The van der Waals surface area contributed by atoms with Crippen molar-refractivity contribution in [1.29, 1.82) is 0 Å². The topological polar surface area (TPSA) is 55.1 Å². The molecule has 0 atom stereocenters. The molecule has 0 spiro atoms. The lowest BCUT2D eigenvalue weighted by Gasteiger charge is -2.40. The third-order valence-corrected chi connectivity index (χ3v) is 4.19. The van der Waals surface area contributed by atoms with E-state index in [4.69, 9.17) is 5.73 Å². The van der Waals surface area contributed by atoms with E-state index in [2.05, 4.69) is 5.32 Å². The van der Waals surface area contributed by atoms with Gasteiger partial charge in [0, 0.05) is 13.0 Å². The van der Waals surface area contributed by atoms with Crippen LogP contribution in [0.15, 0.2) is 0 Å². The van der Waals surface area contributed by atoms with E-state index in [1.807, 2.05) is 0 Å². The first-order valence-electron chi connectivity index (χ1n) is 6.71. The highest BCUT2D eigenvalue weighted by Crippen LogP contribution is 2.42. The molecule has 3 heteroatoms. The van der Waals surface area contributed by atoms with E-state index >= 15 is 0 Å². The second-order valence-electron chi connectivity index (χ2n) is 5.67. The summed E-state index contributed by atoms with van der Waals surface area (Å²) in [5, 5.41) is 3.03. The zero-order chi connectivity index (χ0) is 11.4. The monoisotopic (exact) mass is 224 g/mol. The van der Waals surface area contributed by atoms with Gasteiger partial charge in [-0.25, -0.2) is 0 Å². The molecule has 0 aliphatic heterocycles. The van der Waals surface area contributed by atoms with E-state index in [0.29, 0.717) is 13.0 Å². The van der Waals surface area contributed by atoms with Gasteiger partial charge in [-0.1, -0.05) is 19.3 Å². The number of carbonyl (C=O) groups is 1. The minimum Gasteiger partial charge on any atom is -0.356 e. The molecule has 0 aromatic rings. The van der Waals surface area contributed by atoms with Crippen LogP contribution >= 0.6 is 0 Å². The molecule has 16 heavy (non-hydrogen) atoms. The summed E-state index contributed by atoms with van der Waals surface area (Å²) in [6.45, 7) is 1.53. The molecule has 2 fully saturated rings. The minimum atomic E-state index is 0.153. The number of amides is 1. The molecule has 2 aliphatic rings. The SMILES string of the molecule is NCC1(CC(=O)NCCCC2CC2)CCC1. The Morgan fingerprint density at radius 3 is 2.62 bits per heavy atom. The zero-order valence-corrected chi connectivity index (χ0v) is 10.1. The molecule has 0 bridgehead atoms. The van der Waals surface area contributed by atoms with Crippen LogP contribution in [0.2, 0.25) is 0 Å². The second-order valence-corrected chi connectivity index (χ2v) is 5.67. The van der Waals surface area contributed by atoms with Gasteiger partial charge in [0.2, 0.25) is 5.91 Å². The summed E-state index contributed by atoms with van der Waals surface area (Å²) in [7, 11) is 0. The van der Waals surface area contributed by atoms with Crippen LogP contribution in [0.3, 0.4) is 0 Å². The summed E-state index contributed by atoms with van der Waals surface area (Å²) < 4.78 is 0. The molecule has 1 amide bonds. The Hall–Kier alpha value is -0.570. The first-order valence-corrected chi connectivity index (χ1v) is 6.71. The molecule has 2 rings (SSSR count). The molecule has 0 aromatic heterocycles. The van der Waals surface area contributed by atoms with Crippen LogP contribution in [-0.2, 0) is 4.79 Å². The molecule has 3 N–H and O–H groups in total. The van der Waals surface area contributed by atoms with E-state index < -0.39 is 0 Å². The van der Waals surface area contributed by atoms with Gasteiger partial charge in [-0.2, -0.15) is 0 Å². The van der Waals surface area contributed by atoms with Gasteiger partial charge >= 0.3 is 0 Å². The van der Waals surface area contributed by atoms with E-state index in [9.17, 15) is 4.79 Å². The number of hydrogen-bond donors (Lipinski definition) is 2. The highest BCUT2D eigenvalue weighted by Gasteiger charge is 2.37. The predicted molar refractivity (Wildman–Crippen MR) is 64.9 cm³/mol. The standard InChI is InChI=1S/C13H24N2O/c14-10-13(6-2-7-13)9-12(16)15-8-1-3-11-4-5-11/h11H,1-10,14H2,(H,15,16). The van der Waals surface area contributed by atoms with Gasteiger partial charge in [0.1, 0.15) is 0 Å². The van der Waals surface area contributed by atoms with Crippen LogP contribution in [0.25, 0.3) is 0 Å². The Balaban J connectivity index is 1.56. The van der Waals surface area contributed by atoms with Gasteiger partial charge in [0.25, 0.3) is 0 Å². The summed E-state index contributed by atoms with van der Waals surface area (Å²) in [6, 6.07) is 0.